The molecule has 3 aromatic rings. The van der Waals surface area contributed by atoms with Crippen molar-refractivity contribution in [2.24, 2.45) is 0 Å². The Labute approximate surface area is 128 Å². The summed E-state index contributed by atoms with van der Waals surface area (Å²) in [5.41, 5.74) is 0.756. The van der Waals surface area contributed by atoms with Gasteiger partial charge in [0.1, 0.15) is 0 Å². The predicted octanol–water partition coefficient (Wildman–Crippen LogP) is 2.39. The van der Waals surface area contributed by atoms with Crippen LogP contribution in [0.25, 0.3) is 11.4 Å². The van der Waals surface area contributed by atoms with Crippen molar-refractivity contribution >= 4 is 23.1 Å². The van der Waals surface area contributed by atoms with E-state index in [0.29, 0.717) is 29.2 Å². The molecule has 0 aliphatic heterocycles. The third kappa shape index (κ3) is 3.08. The highest BCUT2D eigenvalue weighted by molar-refractivity contribution is 7.98. The van der Waals surface area contributed by atoms with Gasteiger partial charge in [0, 0.05) is 17.5 Å². The van der Waals surface area contributed by atoms with Crippen molar-refractivity contribution in [1.82, 2.24) is 24.9 Å². The zero-order chi connectivity index (χ0) is 14.7. The quantitative estimate of drug-likeness (QED) is 0.701. The van der Waals surface area contributed by atoms with Crippen LogP contribution in [-0.4, -0.2) is 24.9 Å². The van der Waals surface area contributed by atoms with E-state index in [-0.39, 0.29) is 5.69 Å². The molecule has 7 nitrogen and oxygen atoms in total. The fourth-order valence-corrected chi connectivity index (χ4v) is 3.23. The van der Waals surface area contributed by atoms with Crippen molar-refractivity contribution in [3.63, 3.8) is 0 Å². The first-order chi connectivity index (χ1) is 10.3. The molecule has 0 unspecified atom stereocenters. The molecule has 9 heteroatoms. The zero-order valence-electron chi connectivity index (χ0n) is 11.3. The minimum atomic E-state index is -0.191. The van der Waals surface area contributed by atoms with Gasteiger partial charge in [-0.1, -0.05) is 23.8 Å². The number of thiophene rings is 1. The maximum Gasteiger partial charge on any atom is 0.343 e. The van der Waals surface area contributed by atoms with Gasteiger partial charge >= 0.3 is 5.69 Å². The first-order valence-electron chi connectivity index (χ1n) is 6.41. The largest absolute Gasteiger partial charge is 0.343 e. The molecule has 0 fully saturated rings. The molecule has 1 N–H and O–H groups in total. The van der Waals surface area contributed by atoms with Crippen LogP contribution in [0.2, 0.25) is 0 Å². The molecule has 0 atom stereocenters. The van der Waals surface area contributed by atoms with E-state index in [9.17, 15) is 4.79 Å². The highest BCUT2D eigenvalue weighted by Crippen LogP contribution is 2.22. The molecule has 0 saturated heterocycles. The van der Waals surface area contributed by atoms with Crippen LogP contribution in [-0.2, 0) is 12.3 Å². The minimum Gasteiger partial charge on any atom is -0.338 e. The molecule has 0 spiro atoms. The smallest absolute Gasteiger partial charge is 0.338 e. The fraction of sp³-hybridized carbons (Fsp3) is 0.333. The van der Waals surface area contributed by atoms with Crippen molar-refractivity contribution in [1.29, 1.82) is 0 Å². The van der Waals surface area contributed by atoms with Crippen LogP contribution >= 0.6 is 23.1 Å². The van der Waals surface area contributed by atoms with Gasteiger partial charge in [0.15, 0.2) is 5.16 Å². The topological polar surface area (TPSA) is 89.6 Å². The second-order valence-corrected chi connectivity index (χ2v) is 6.00. The second kappa shape index (κ2) is 6.27. The normalized spacial score (nSPS) is 11.1. The summed E-state index contributed by atoms with van der Waals surface area (Å²) in [6, 6.07) is 1.94. The van der Waals surface area contributed by atoms with Crippen molar-refractivity contribution in [3.05, 3.63) is 33.2 Å². The Morgan fingerprint density at radius 3 is 3.19 bits per heavy atom. The van der Waals surface area contributed by atoms with E-state index in [2.05, 4.69) is 20.3 Å². The maximum atomic E-state index is 11.6. The van der Waals surface area contributed by atoms with Gasteiger partial charge in [0.05, 0.1) is 5.75 Å². The van der Waals surface area contributed by atoms with Gasteiger partial charge in [-0.05, 0) is 17.9 Å². The molecule has 0 radical (unpaired) electrons. The van der Waals surface area contributed by atoms with Crippen molar-refractivity contribution in [2.75, 3.05) is 0 Å². The standard InChI is InChI=1S/C12H13N5O2S2/c1-2-4-17-11(18)14-15-12(17)21-7-9-13-10(16-19-9)8-3-5-20-6-8/h3,5-6H,2,4,7H2,1H3,(H,14,18). The number of nitrogens with zero attached hydrogens (tertiary/aromatic N) is 4. The molecular formula is C12H13N5O2S2. The number of rotatable bonds is 6. The molecule has 0 bridgehead atoms. The monoisotopic (exact) mass is 323 g/mol. The molecule has 0 aromatic carbocycles. The SMILES string of the molecule is CCCn1c(SCc2nc(-c3ccsc3)no2)n[nH]c1=O. The lowest BCUT2D eigenvalue weighted by Gasteiger charge is -2.01. The molecule has 3 aromatic heterocycles. The number of H-pyrrole nitrogens is 1. The van der Waals surface area contributed by atoms with Gasteiger partial charge in [-0.2, -0.15) is 16.3 Å². The van der Waals surface area contributed by atoms with Crippen LogP contribution in [0.5, 0.6) is 0 Å². The Hall–Kier alpha value is -1.87. The summed E-state index contributed by atoms with van der Waals surface area (Å²) in [5.74, 6) is 1.57. The van der Waals surface area contributed by atoms with Crippen molar-refractivity contribution in [3.8, 4) is 11.4 Å². The molecule has 0 aliphatic carbocycles. The fourth-order valence-electron chi connectivity index (χ4n) is 1.78. The van der Waals surface area contributed by atoms with Crippen molar-refractivity contribution < 1.29 is 4.52 Å². The lowest BCUT2D eigenvalue weighted by molar-refractivity contribution is 0.391. The minimum absolute atomic E-state index is 0.191. The average molecular weight is 323 g/mol. The second-order valence-electron chi connectivity index (χ2n) is 4.28. The predicted molar refractivity (Wildman–Crippen MR) is 80.3 cm³/mol. The van der Waals surface area contributed by atoms with Gasteiger partial charge in [0.25, 0.3) is 0 Å². The van der Waals surface area contributed by atoms with E-state index in [1.165, 1.54) is 11.8 Å². The highest BCUT2D eigenvalue weighted by Gasteiger charge is 2.12. The summed E-state index contributed by atoms with van der Waals surface area (Å²) in [6.45, 7) is 2.65. The maximum absolute atomic E-state index is 11.6. The van der Waals surface area contributed by atoms with E-state index in [1.54, 1.807) is 15.9 Å². The Morgan fingerprint density at radius 2 is 2.43 bits per heavy atom. The third-order valence-electron chi connectivity index (χ3n) is 2.74. The molecule has 0 saturated carbocycles. The van der Waals surface area contributed by atoms with Gasteiger partial charge in [-0.3, -0.25) is 4.57 Å². The summed E-state index contributed by atoms with van der Waals surface area (Å²) < 4.78 is 6.83. The first kappa shape index (κ1) is 14.1. The summed E-state index contributed by atoms with van der Waals surface area (Å²) >= 11 is 2.98. The number of nitrogens with one attached hydrogen (secondary N) is 1. The Bertz CT molecular complexity index is 759. The average Bonchev–Trinajstić information content (AvgIpc) is 3.19. The van der Waals surface area contributed by atoms with Gasteiger partial charge < -0.3 is 4.52 Å². The molecule has 21 heavy (non-hydrogen) atoms. The van der Waals surface area contributed by atoms with E-state index in [4.69, 9.17) is 4.52 Å². The van der Waals surface area contributed by atoms with Gasteiger partial charge in [0.2, 0.25) is 11.7 Å². The van der Waals surface area contributed by atoms with Gasteiger partial charge in [-0.25, -0.2) is 9.89 Å². The van der Waals surface area contributed by atoms with Crippen LogP contribution in [0.1, 0.15) is 19.2 Å². The number of thioether (sulfide) groups is 1. The first-order valence-corrected chi connectivity index (χ1v) is 8.34. The highest BCUT2D eigenvalue weighted by atomic mass is 32.2. The molecule has 0 aliphatic rings. The molecule has 110 valence electrons. The lowest BCUT2D eigenvalue weighted by Crippen LogP contribution is -2.17. The van der Waals surface area contributed by atoms with Crippen LogP contribution in [0.3, 0.4) is 0 Å². The number of aromatic nitrogens is 5. The third-order valence-corrected chi connectivity index (χ3v) is 4.39. The Kier molecular flexibility index (Phi) is 4.20. The molecule has 3 rings (SSSR count). The summed E-state index contributed by atoms with van der Waals surface area (Å²) in [5, 5.41) is 15.0. The lowest BCUT2D eigenvalue weighted by atomic mass is 10.3. The number of aromatic amines is 1. The van der Waals surface area contributed by atoms with E-state index >= 15 is 0 Å². The van der Waals surface area contributed by atoms with Crippen LogP contribution in [0, 0.1) is 0 Å². The molecule has 3 heterocycles. The van der Waals surface area contributed by atoms with Crippen LogP contribution < -0.4 is 5.69 Å². The summed E-state index contributed by atoms with van der Waals surface area (Å²) in [7, 11) is 0. The van der Waals surface area contributed by atoms with Crippen LogP contribution in [0.4, 0.5) is 0 Å². The van der Waals surface area contributed by atoms with Crippen LogP contribution in [0.15, 0.2) is 31.3 Å². The molecular weight excluding hydrogens is 310 g/mol. The summed E-state index contributed by atoms with van der Waals surface area (Å²) in [6.07, 6.45) is 0.871. The van der Waals surface area contributed by atoms with Crippen molar-refractivity contribution in [2.45, 2.75) is 30.8 Å². The summed E-state index contributed by atoms with van der Waals surface area (Å²) in [4.78, 5) is 15.9. The van der Waals surface area contributed by atoms with E-state index in [1.807, 2.05) is 23.8 Å². The Balaban J connectivity index is 1.70. The number of hydrogen-bond donors (Lipinski definition) is 1. The molecule has 0 amide bonds. The van der Waals surface area contributed by atoms with Gasteiger partial charge in [-0.15, -0.1) is 5.10 Å². The van der Waals surface area contributed by atoms with E-state index < -0.39 is 0 Å². The number of hydrogen-bond acceptors (Lipinski definition) is 7. The zero-order valence-corrected chi connectivity index (χ0v) is 12.9. The van der Waals surface area contributed by atoms with E-state index in [0.717, 1.165) is 12.0 Å². The Morgan fingerprint density at radius 1 is 1.52 bits per heavy atom.